The van der Waals surface area contributed by atoms with Gasteiger partial charge in [-0.05, 0) is 13.8 Å². The molecule has 1 heterocycles. The van der Waals surface area contributed by atoms with E-state index < -0.39 is 23.9 Å². The molecule has 1 aliphatic rings. The Morgan fingerprint density at radius 2 is 2.31 bits per heavy atom. The number of rotatable bonds is 5. The van der Waals surface area contributed by atoms with Gasteiger partial charge in [-0.25, -0.2) is 0 Å². The molecule has 0 bridgehead atoms. The molecule has 0 spiro atoms. The highest BCUT2D eigenvalue weighted by atomic mass is 31.1. The summed E-state index contributed by atoms with van der Waals surface area (Å²) in [6, 6.07) is -0.373. The van der Waals surface area contributed by atoms with E-state index in [9.17, 15) is 14.7 Å². The molecule has 1 aliphatic heterocycles. The molecule has 5 unspecified atom stereocenters. The molecule has 88 valence electrons. The number of carbonyl (C=O) groups excluding carboxylic acids is 2. The smallest absolute Gasteiger partial charge is 0.314 e. The van der Waals surface area contributed by atoms with Crippen molar-refractivity contribution in [2.75, 3.05) is 0 Å². The molecule has 5 atom stereocenters. The topological polar surface area (TPSA) is 87.7 Å². The molecule has 1 amide bonds. The number of amides is 1. The van der Waals surface area contributed by atoms with Crippen LogP contribution in [0.5, 0.6) is 0 Å². The van der Waals surface area contributed by atoms with Crippen LogP contribution in [0, 0.1) is 11.8 Å². The third-order valence-electron chi connectivity index (χ3n) is 2.64. The highest BCUT2D eigenvalue weighted by Crippen LogP contribution is 2.27. The van der Waals surface area contributed by atoms with Gasteiger partial charge in [0.05, 0.1) is 24.0 Å². The van der Waals surface area contributed by atoms with Crippen molar-refractivity contribution in [1.29, 1.82) is 0 Å². The first-order valence-electron chi connectivity index (χ1n) is 4.88. The molecule has 0 aromatic carbocycles. The number of aliphatic hydroxyl groups excluding tert-OH is 1. The quantitative estimate of drug-likeness (QED) is 0.322. The van der Waals surface area contributed by atoms with Crippen molar-refractivity contribution in [3.63, 3.8) is 0 Å². The van der Waals surface area contributed by atoms with Crippen molar-refractivity contribution in [2.24, 2.45) is 11.8 Å². The van der Waals surface area contributed by atoms with E-state index in [0.717, 1.165) is 0 Å². The van der Waals surface area contributed by atoms with Gasteiger partial charge in [-0.1, -0.05) is 0 Å². The number of β-lactam (4-membered cyclic amide) rings is 1. The monoisotopic (exact) mass is 244 g/mol. The van der Waals surface area contributed by atoms with Crippen LogP contribution < -0.4 is 10.3 Å². The van der Waals surface area contributed by atoms with E-state index in [1.807, 2.05) is 0 Å². The predicted molar refractivity (Wildman–Crippen MR) is 59.6 cm³/mol. The number of hydrogen-bond donors (Lipinski definition) is 3. The largest absolute Gasteiger partial charge is 0.432 e. The third kappa shape index (κ3) is 2.72. The van der Waals surface area contributed by atoms with Crippen molar-refractivity contribution in [3.05, 3.63) is 0 Å². The van der Waals surface area contributed by atoms with Gasteiger partial charge >= 0.3 is 5.97 Å². The Kier molecular flexibility index (Phi) is 4.71. The van der Waals surface area contributed by atoms with Gasteiger partial charge in [-0.3, -0.25) is 9.59 Å². The first kappa shape index (κ1) is 13.4. The molecule has 2 radical (unpaired) electrons. The summed E-state index contributed by atoms with van der Waals surface area (Å²) in [4.78, 5) is 24.9. The van der Waals surface area contributed by atoms with Gasteiger partial charge in [-0.15, -0.1) is 0 Å². The Balaban J connectivity index is 2.51. The van der Waals surface area contributed by atoms with Crippen LogP contribution in [0.3, 0.4) is 0 Å². The number of nitrogens with one attached hydrogen (secondary N) is 2. The first-order chi connectivity index (χ1) is 7.49. The molecule has 16 heavy (non-hydrogen) atoms. The minimum atomic E-state index is -0.774. The number of hydrogen-bond acceptors (Lipinski definition) is 5. The summed E-state index contributed by atoms with van der Waals surface area (Å²) in [5.41, 5.74) is 0. The summed E-state index contributed by atoms with van der Waals surface area (Å²) in [6.07, 6.45) is -0.774. The zero-order valence-corrected chi connectivity index (χ0v) is 10.1. The van der Waals surface area contributed by atoms with Crippen LogP contribution >= 0.6 is 8.96 Å². The van der Waals surface area contributed by atoms with Gasteiger partial charge in [0.15, 0.2) is 7.98 Å². The van der Waals surface area contributed by atoms with Crippen molar-refractivity contribution in [2.45, 2.75) is 26.0 Å². The van der Waals surface area contributed by atoms with E-state index in [4.69, 9.17) is 12.5 Å². The molecule has 1 saturated heterocycles. The molecule has 0 aliphatic carbocycles. The highest BCUT2D eigenvalue weighted by Gasteiger charge is 2.47. The molecule has 0 aromatic heterocycles. The van der Waals surface area contributed by atoms with Gasteiger partial charge in [0.25, 0.3) is 0 Å². The van der Waals surface area contributed by atoms with Gasteiger partial charge < -0.3 is 19.9 Å². The van der Waals surface area contributed by atoms with Gasteiger partial charge in [-0.2, -0.15) is 0 Å². The lowest BCUT2D eigenvalue weighted by Gasteiger charge is -2.41. The molecular weight excluding hydrogens is 230 g/mol. The van der Waals surface area contributed by atoms with E-state index in [-0.39, 0.29) is 20.9 Å². The molecule has 3 N–H and O–H groups in total. The minimum absolute atomic E-state index is 0.237. The standard InChI is InChI=1S/C8H14BN2O4P/c1-3(8(14)15-16-11-9)6-5(4(2)12)7(13)10-6/h3-6,11-12,16H,1-2H3,(H,10,13). The van der Waals surface area contributed by atoms with Crippen molar-refractivity contribution in [1.82, 2.24) is 10.3 Å². The Labute approximate surface area is 96.9 Å². The van der Waals surface area contributed by atoms with Gasteiger partial charge in [0.2, 0.25) is 5.91 Å². The fourth-order valence-electron chi connectivity index (χ4n) is 1.69. The van der Waals surface area contributed by atoms with E-state index in [1.54, 1.807) is 6.92 Å². The van der Waals surface area contributed by atoms with Crippen molar-refractivity contribution < 1.29 is 19.2 Å². The summed E-state index contributed by atoms with van der Waals surface area (Å²) in [6.45, 7) is 3.17. The van der Waals surface area contributed by atoms with Gasteiger partial charge in [0.1, 0.15) is 8.96 Å². The van der Waals surface area contributed by atoms with Crippen LogP contribution in [0.25, 0.3) is 0 Å². The Morgan fingerprint density at radius 1 is 1.69 bits per heavy atom. The Bertz CT molecular complexity index is 289. The Hall–Kier alpha value is -0.645. The van der Waals surface area contributed by atoms with Crippen LogP contribution in [-0.4, -0.2) is 37.1 Å². The van der Waals surface area contributed by atoms with E-state index in [1.165, 1.54) is 6.92 Å². The maximum Gasteiger partial charge on any atom is 0.314 e. The van der Waals surface area contributed by atoms with E-state index in [2.05, 4.69) is 10.3 Å². The SMILES string of the molecule is [B]NPOC(=O)C(C)C1NC(=O)C1C(C)O. The average Bonchev–Trinajstić information content (AvgIpc) is 2.20. The van der Waals surface area contributed by atoms with Crippen LogP contribution in [0.1, 0.15) is 13.8 Å². The molecule has 0 saturated carbocycles. The van der Waals surface area contributed by atoms with E-state index in [0.29, 0.717) is 0 Å². The maximum absolute atomic E-state index is 11.5. The lowest BCUT2D eigenvalue weighted by molar-refractivity contribution is -0.149. The van der Waals surface area contributed by atoms with Crippen LogP contribution in [0.15, 0.2) is 0 Å². The van der Waals surface area contributed by atoms with E-state index >= 15 is 0 Å². The summed E-state index contributed by atoms with van der Waals surface area (Å²) in [5.74, 6) is -1.74. The summed E-state index contributed by atoms with van der Waals surface area (Å²) < 4.78 is 4.79. The highest BCUT2D eigenvalue weighted by molar-refractivity contribution is 7.32. The molecule has 0 aromatic rings. The maximum atomic E-state index is 11.5. The summed E-state index contributed by atoms with van der Waals surface area (Å²) in [5, 5.41) is 12.0. The van der Waals surface area contributed by atoms with Crippen LogP contribution in [0.2, 0.25) is 0 Å². The molecule has 6 nitrogen and oxygen atoms in total. The zero-order valence-electron chi connectivity index (χ0n) is 9.06. The number of aliphatic hydroxyl groups is 1. The predicted octanol–water partition coefficient (Wildman–Crippen LogP) is -1.16. The van der Waals surface area contributed by atoms with Crippen molar-refractivity contribution >= 4 is 28.8 Å². The Morgan fingerprint density at radius 3 is 2.75 bits per heavy atom. The average molecular weight is 244 g/mol. The third-order valence-corrected chi connectivity index (χ3v) is 3.06. The minimum Gasteiger partial charge on any atom is -0.432 e. The lowest BCUT2D eigenvalue weighted by Crippen LogP contribution is -2.65. The lowest BCUT2D eigenvalue weighted by atomic mass is 9.79. The normalized spacial score (nSPS) is 28.3. The first-order valence-corrected chi connectivity index (χ1v) is 5.79. The molecule has 8 heteroatoms. The second-order valence-electron chi connectivity index (χ2n) is 3.76. The summed E-state index contributed by atoms with van der Waals surface area (Å²) in [7, 11) is 4.66. The second kappa shape index (κ2) is 5.61. The molecular formula is C8H14BN2O4P. The van der Waals surface area contributed by atoms with Crippen LogP contribution in [0.4, 0.5) is 0 Å². The second-order valence-corrected chi connectivity index (χ2v) is 4.45. The fraction of sp³-hybridized carbons (Fsp3) is 0.750. The number of carbonyl (C=O) groups is 2. The van der Waals surface area contributed by atoms with Crippen LogP contribution in [-0.2, 0) is 14.1 Å². The zero-order chi connectivity index (χ0) is 12.3. The van der Waals surface area contributed by atoms with Gasteiger partial charge in [0, 0.05) is 0 Å². The summed E-state index contributed by atoms with van der Waals surface area (Å²) >= 11 is 0. The van der Waals surface area contributed by atoms with Crippen molar-refractivity contribution in [3.8, 4) is 0 Å². The molecule has 1 fully saturated rings. The fourth-order valence-corrected chi connectivity index (χ4v) is 2.04. The molecule has 1 rings (SSSR count).